The van der Waals surface area contributed by atoms with Crippen molar-refractivity contribution >= 4 is 11.6 Å². The molecule has 0 amide bonds. The number of alkyl halides is 1. The predicted molar refractivity (Wildman–Crippen MR) is 67.0 cm³/mol. The van der Waals surface area contributed by atoms with Crippen molar-refractivity contribution in [3.63, 3.8) is 0 Å². The molecule has 0 N–H and O–H groups in total. The van der Waals surface area contributed by atoms with E-state index in [1.807, 2.05) is 13.8 Å². The van der Waals surface area contributed by atoms with Gasteiger partial charge in [0.25, 0.3) is 0 Å². The Hall–Kier alpha value is -0.220. The third-order valence-electron chi connectivity index (χ3n) is 3.07. The smallest absolute Gasteiger partial charge is 0.0684 e. The average molecular weight is 230 g/mol. The van der Waals surface area contributed by atoms with Crippen molar-refractivity contribution in [2.75, 3.05) is 0 Å². The van der Waals surface area contributed by atoms with Crippen molar-refractivity contribution < 1.29 is 0 Å². The molecule has 0 aliphatic rings. The van der Waals surface area contributed by atoms with Gasteiger partial charge in [0.1, 0.15) is 0 Å². The summed E-state index contributed by atoms with van der Waals surface area (Å²) in [5, 5.41) is 9.03. The molecule has 15 heavy (non-hydrogen) atoms. The van der Waals surface area contributed by atoms with Crippen LogP contribution in [0.25, 0.3) is 0 Å². The number of hydrogen-bond acceptors (Lipinski definition) is 1. The fraction of sp³-hybridized carbons (Fsp3) is 0.923. The van der Waals surface area contributed by atoms with Crippen LogP contribution in [0.1, 0.15) is 60.3 Å². The summed E-state index contributed by atoms with van der Waals surface area (Å²) in [7, 11) is 0. The molecular formula is C13H24ClN. The highest BCUT2D eigenvalue weighted by Gasteiger charge is 2.36. The highest BCUT2D eigenvalue weighted by atomic mass is 35.5. The van der Waals surface area contributed by atoms with E-state index in [1.165, 1.54) is 0 Å². The first-order chi connectivity index (χ1) is 6.79. The molecule has 0 aromatic rings. The molecule has 0 bridgehead atoms. The molecule has 0 rings (SSSR count). The third kappa shape index (κ3) is 4.89. The van der Waals surface area contributed by atoms with Crippen molar-refractivity contribution in [1.82, 2.24) is 0 Å². The number of nitrogens with zero attached hydrogens (tertiary/aromatic N) is 1. The summed E-state index contributed by atoms with van der Waals surface area (Å²) in [6.45, 7) is 10.4. The van der Waals surface area contributed by atoms with Gasteiger partial charge in [0, 0.05) is 4.87 Å². The van der Waals surface area contributed by atoms with Crippen LogP contribution in [0, 0.1) is 22.7 Å². The molecule has 0 aliphatic carbocycles. The Balaban J connectivity index is 4.58. The summed E-state index contributed by atoms with van der Waals surface area (Å²) in [5.41, 5.74) is -0.322. The second-order valence-corrected chi connectivity index (χ2v) is 6.21. The van der Waals surface area contributed by atoms with E-state index in [0.29, 0.717) is 5.92 Å². The molecule has 0 saturated heterocycles. The minimum Gasteiger partial charge on any atom is -0.198 e. The van der Waals surface area contributed by atoms with Gasteiger partial charge in [-0.2, -0.15) is 5.26 Å². The van der Waals surface area contributed by atoms with Crippen LogP contribution in [0.3, 0.4) is 0 Å². The van der Waals surface area contributed by atoms with Gasteiger partial charge in [-0.1, -0.05) is 26.7 Å². The van der Waals surface area contributed by atoms with E-state index >= 15 is 0 Å². The van der Waals surface area contributed by atoms with E-state index in [1.54, 1.807) is 0 Å². The Morgan fingerprint density at radius 3 is 2.13 bits per heavy atom. The van der Waals surface area contributed by atoms with Crippen LogP contribution in [0.15, 0.2) is 0 Å². The number of nitriles is 1. The summed E-state index contributed by atoms with van der Waals surface area (Å²) in [4.78, 5) is -0.246. The molecule has 0 aliphatic heterocycles. The van der Waals surface area contributed by atoms with Crippen molar-refractivity contribution in [2.24, 2.45) is 11.3 Å². The molecule has 0 aromatic heterocycles. The lowest BCUT2D eigenvalue weighted by Crippen LogP contribution is -2.33. The molecular weight excluding hydrogens is 206 g/mol. The summed E-state index contributed by atoms with van der Waals surface area (Å²) in [6.07, 6.45) is 4.16. The van der Waals surface area contributed by atoms with Gasteiger partial charge in [-0.15, -0.1) is 11.6 Å². The Kier molecular flexibility index (Phi) is 5.67. The summed E-state index contributed by atoms with van der Waals surface area (Å²) in [6, 6.07) is 2.33. The summed E-state index contributed by atoms with van der Waals surface area (Å²) >= 11 is 6.59. The van der Waals surface area contributed by atoms with Gasteiger partial charge in [0.2, 0.25) is 0 Å². The largest absolute Gasteiger partial charge is 0.198 e. The maximum Gasteiger partial charge on any atom is 0.0684 e. The predicted octanol–water partition coefficient (Wildman–Crippen LogP) is 4.75. The molecule has 0 saturated carbocycles. The quantitative estimate of drug-likeness (QED) is 0.603. The first kappa shape index (κ1) is 14.8. The zero-order valence-corrected chi connectivity index (χ0v) is 11.5. The van der Waals surface area contributed by atoms with Gasteiger partial charge < -0.3 is 0 Å². The normalized spacial score (nSPS) is 17.9. The average Bonchev–Trinajstić information content (AvgIpc) is 2.12. The lowest BCUT2D eigenvalue weighted by Gasteiger charge is -2.35. The van der Waals surface area contributed by atoms with E-state index in [4.69, 9.17) is 16.9 Å². The van der Waals surface area contributed by atoms with Gasteiger partial charge >= 0.3 is 0 Å². The first-order valence-corrected chi connectivity index (χ1v) is 6.27. The molecule has 1 nitrogen and oxygen atoms in total. The van der Waals surface area contributed by atoms with E-state index in [0.717, 1.165) is 25.7 Å². The van der Waals surface area contributed by atoms with Gasteiger partial charge in [0.15, 0.2) is 0 Å². The Morgan fingerprint density at radius 1 is 1.27 bits per heavy atom. The Labute approximate surface area is 99.8 Å². The molecule has 0 aromatic carbocycles. The summed E-state index contributed by atoms with van der Waals surface area (Å²) in [5.74, 6) is 0.511. The Morgan fingerprint density at radius 2 is 1.80 bits per heavy atom. The number of halogens is 1. The van der Waals surface area contributed by atoms with E-state index in [2.05, 4.69) is 26.8 Å². The Bertz CT molecular complexity index is 225. The van der Waals surface area contributed by atoms with Crippen molar-refractivity contribution in [3.8, 4) is 6.07 Å². The minimum atomic E-state index is -0.322. The van der Waals surface area contributed by atoms with E-state index in [-0.39, 0.29) is 10.3 Å². The van der Waals surface area contributed by atoms with Crippen molar-refractivity contribution in [2.45, 2.75) is 65.2 Å². The fourth-order valence-electron chi connectivity index (χ4n) is 2.33. The van der Waals surface area contributed by atoms with Crippen LogP contribution in [0.5, 0.6) is 0 Å². The first-order valence-electron chi connectivity index (χ1n) is 5.89. The fourth-order valence-corrected chi connectivity index (χ4v) is 2.92. The maximum absolute atomic E-state index is 9.03. The molecule has 2 atom stereocenters. The second-order valence-electron chi connectivity index (χ2n) is 5.34. The van der Waals surface area contributed by atoms with Crippen LogP contribution in [-0.4, -0.2) is 4.87 Å². The van der Waals surface area contributed by atoms with Crippen LogP contribution >= 0.6 is 11.6 Å². The van der Waals surface area contributed by atoms with Crippen LogP contribution in [-0.2, 0) is 0 Å². The highest BCUT2D eigenvalue weighted by Crippen LogP contribution is 2.40. The zero-order valence-electron chi connectivity index (χ0n) is 10.7. The monoisotopic (exact) mass is 229 g/mol. The van der Waals surface area contributed by atoms with Gasteiger partial charge in [-0.3, -0.25) is 0 Å². The number of rotatable bonds is 6. The molecule has 0 radical (unpaired) electrons. The van der Waals surface area contributed by atoms with Crippen molar-refractivity contribution in [1.29, 1.82) is 5.26 Å². The molecule has 1 unspecified atom stereocenters. The van der Waals surface area contributed by atoms with Crippen LogP contribution in [0.2, 0.25) is 0 Å². The van der Waals surface area contributed by atoms with Gasteiger partial charge in [-0.25, -0.2) is 0 Å². The zero-order chi connectivity index (χ0) is 12.1. The highest BCUT2D eigenvalue weighted by molar-refractivity contribution is 6.23. The van der Waals surface area contributed by atoms with E-state index < -0.39 is 0 Å². The maximum atomic E-state index is 9.03. The van der Waals surface area contributed by atoms with Gasteiger partial charge in [-0.05, 0) is 39.5 Å². The second kappa shape index (κ2) is 5.75. The topological polar surface area (TPSA) is 23.8 Å². The third-order valence-corrected chi connectivity index (χ3v) is 3.51. The molecule has 0 spiro atoms. The lowest BCUT2D eigenvalue weighted by molar-refractivity contribution is 0.273. The SMILES string of the molecule is CCC[C@@H](CC)C(C)(Cl)CC(C)(C)C#N. The molecule has 0 fully saturated rings. The number of hydrogen-bond donors (Lipinski definition) is 0. The van der Waals surface area contributed by atoms with Crippen LogP contribution in [0.4, 0.5) is 0 Å². The van der Waals surface area contributed by atoms with Gasteiger partial charge in [0.05, 0.1) is 11.5 Å². The van der Waals surface area contributed by atoms with E-state index in [9.17, 15) is 0 Å². The summed E-state index contributed by atoms with van der Waals surface area (Å²) < 4.78 is 0. The molecule has 2 heteroatoms. The van der Waals surface area contributed by atoms with Crippen LogP contribution < -0.4 is 0 Å². The lowest BCUT2D eigenvalue weighted by atomic mass is 9.76. The standard InChI is InChI=1S/C13H24ClN/c1-6-8-11(7-2)13(5,14)9-12(3,4)10-15/h11H,6-9H2,1-5H3/t11-,13?/m1/s1. The molecule has 0 heterocycles. The van der Waals surface area contributed by atoms with Crippen molar-refractivity contribution in [3.05, 3.63) is 0 Å². The molecule has 88 valence electrons. The minimum absolute atomic E-state index is 0.246.